The molecule has 0 bridgehead atoms. The minimum Gasteiger partial charge on any atom is -0.349 e. The molecular formula is C15H19BrFNO. The molecule has 1 aliphatic rings. The minimum absolute atomic E-state index is 0.142. The van der Waals surface area contributed by atoms with E-state index in [9.17, 15) is 9.18 Å². The van der Waals surface area contributed by atoms with Gasteiger partial charge in [-0.3, -0.25) is 4.79 Å². The summed E-state index contributed by atoms with van der Waals surface area (Å²) in [4.78, 5) is 12.2. The summed E-state index contributed by atoms with van der Waals surface area (Å²) < 4.78 is 13.8. The van der Waals surface area contributed by atoms with Crippen LogP contribution in [0, 0.1) is 11.7 Å². The van der Waals surface area contributed by atoms with Gasteiger partial charge in [-0.25, -0.2) is 4.39 Å². The van der Waals surface area contributed by atoms with Gasteiger partial charge in [-0.2, -0.15) is 0 Å². The second-order valence-electron chi connectivity index (χ2n) is 5.28. The molecule has 19 heavy (non-hydrogen) atoms. The molecule has 0 spiro atoms. The summed E-state index contributed by atoms with van der Waals surface area (Å²) in [6, 6.07) is 4.32. The third-order valence-corrected chi connectivity index (χ3v) is 4.58. The van der Waals surface area contributed by atoms with Crippen LogP contribution in [-0.2, 0) is 0 Å². The van der Waals surface area contributed by atoms with E-state index in [1.54, 1.807) is 6.07 Å². The van der Waals surface area contributed by atoms with Gasteiger partial charge >= 0.3 is 0 Å². The number of amides is 1. The first-order valence-corrected chi connectivity index (χ1v) is 7.63. The van der Waals surface area contributed by atoms with Crippen molar-refractivity contribution in [1.82, 2.24) is 5.32 Å². The van der Waals surface area contributed by atoms with Gasteiger partial charge in [0.15, 0.2) is 0 Å². The first-order chi connectivity index (χ1) is 9.08. The van der Waals surface area contributed by atoms with Crippen molar-refractivity contribution in [1.29, 1.82) is 0 Å². The van der Waals surface area contributed by atoms with Crippen molar-refractivity contribution in [2.24, 2.45) is 5.92 Å². The standard InChI is InChI=1S/C15H19BrFNO/c1-10(11-5-3-2-4-6-11)18-15(19)13-9-12(17)7-8-14(13)16/h7-11H,2-6H2,1H3,(H,18,19). The minimum atomic E-state index is -0.390. The molecule has 0 radical (unpaired) electrons. The molecule has 0 aliphatic heterocycles. The molecule has 4 heteroatoms. The summed E-state index contributed by atoms with van der Waals surface area (Å²) >= 11 is 3.29. The van der Waals surface area contributed by atoms with E-state index in [4.69, 9.17) is 0 Å². The Balaban J connectivity index is 2.01. The van der Waals surface area contributed by atoms with Gasteiger partial charge in [0.25, 0.3) is 5.91 Å². The highest BCUT2D eigenvalue weighted by molar-refractivity contribution is 9.10. The fourth-order valence-electron chi connectivity index (χ4n) is 2.71. The topological polar surface area (TPSA) is 29.1 Å². The van der Waals surface area contributed by atoms with Gasteiger partial charge in [0, 0.05) is 10.5 Å². The molecule has 0 heterocycles. The maximum Gasteiger partial charge on any atom is 0.252 e. The molecule has 1 fully saturated rings. The molecule has 2 nitrogen and oxygen atoms in total. The Morgan fingerprint density at radius 3 is 2.74 bits per heavy atom. The van der Waals surface area contributed by atoms with E-state index in [1.165, 1.54) is 44.2 Å². The van der Waals surface area contributed by atoms with Crippen LogP contribution in [0.25, 0.3) is 0 Å². The van der Waals surface area contributed by atoms with Gasteiger partial charge in [-0.1, -0.05) is 19.3 Å². The summed E-state index contributed by atoms with van der Waals surface area (Å²) in [6.07, 6.45) is 6.13. The van der Waals surface area contributed by atoms with Crippen molar-refractivity contribution >= 4 is 21.8 Å². The number of hydrogen-bond donors (Lipinski definition) is 1. The van der Waals surface area contributed by atoms with E-state index in [0.29, 0.717) is 16.0 Å². The maximum atomic E-state index is 13.2. The SMILES string of the molecule is CC(NC(=O)c1cc(F)ccc1Br)C1CCCCC1. The zero-order valence-corrected chi connectivity index (χ0v) is 12.7. The highest BCUT2D eigenvalue weighted by Gasteiger charge is 2.22. The summed E-state index contributed by atoms with van der Waals surface area (Å²) in [5.41, 5.74) is 0.364. The van der Waals surface area contributed by atoms with Crippen LogP contribution in [0.4, 0.5) is 4.39 Å². The van der Waals surface area contributed by atoms with Crippen molar-refractivity contribution in [3.05, 3.63) is 34.1 Å². The zero-order chi connectivity index (χ0) is 13.8. The summed E-state index contributed by atoms with van der Waals surface area (Å²) in [7, 11) is 0. The number of benzene rings is 1. The van der Waals surface area contributed by atoms with Gasteiger partial charge in [0.05, 0.1) is 5.56 Å². The monoisotopic (exact) mass is 327 g/mol. The van der Waals surface area contributed by atoms with Crippen LogP contribution in [0.5, 0.6) is 0 Å². The van der Waals surface area contributed by atoms with E-state index in [0.717, 1.165) is 0 Å². The Morgan fingerprint density at radius 2 is 2.05 bits per heavy atom. The Bertz CT molecular complexity index is 457. The van der Waals surface area contributed by atoms with Crippen LogP contribution in [0.3, 0.4) is 0 Å². The molecule has 1 unspecified atom stereocenters. The normalized spacial score (nSPS) is 18.1. The molecule has 2 rings (SSSR count). The Kier molecular flexibility index (Phi) is 4.97. The smallest absolute Gasteiger partial charge is 0.252 e. The number of halogens is 2. The lowest BCUT2D eigenvalue weighted by atomic mass is 9.84. The van der Waals surface area contributed by atoms with Crippen molar-refractivity contribution < 1.29 is 9.18 Å². The Morgan fingerprint density at radius 1 is 1.37 bits per heavy atom. The van der Waals surface area contributed by atoms with Gasteiger partial charge in [0.2, 0.25) is 0 Å². The van der Waals surface area contributed by atoms with Gasteiger partial charge < -0.3 is 5.32 Å². The second kappa shape index (κ2) is 6.51. The van der Waals surface area contributed by atoms with Crippen molar-refractivity contribution in [3.63, 3.8) is 0 Å². The van der Waals surface area contributed by atoms with Gasteiger partial charge in [-0.05, 0) is 59.8 Å². The van der Waals surface area contributed by atoms with E-state index >= 15 is 0 Å². The predicted molar refractivity (Wildman–Crippen MR) is 77.6 cm³/mol. The van der Waals surface area contributed by atoms with Crippen LogP contribution in [0.15, 0.2) is 22.7 Å². The lowest BCUT2D eigenvalue weighted by Crippen LogP contribution is -2.39. The highest BCUT2D eigenvalue weighted by atomic mass is 79.9. The van der Waals surface area contributed by atoms with E-state index < -0.39 is 5.82 Å². The third kappa shape index (κ3) is 3.78. The fraction of sp³-hybridized carbons (Fsp3) is 0.533. The highest BCUT2D eigenvalue weighted by Crippen LogP contribution is 2.26. The average molecular weight is 328 g/mol. The van der Waals surface area contributed by atoms with Crippen LogP contribution < -0.4 is 5.32 Å². The Hall–Kier alpha value is -0.900. The lowest BCUT2D eigenvalue weighted by molar-refractivity contribution is 0.0918. The van der Waals surface area contributed by atoms with Gasteiger partial charge in [0.1, 0.15) is 5.82 Å². The van der Waals surface area contributed by atoms with E-state index in [-0.39, 0.29) is 11.9 Å². The molecule has 104 valence electrons. The Labute approximate surface area is 121 Å². The molecule has 1 aliphatic carbocycles. The first-order valence-electron chi connectivity index (χ1n) is 6.84. The lowest BCUT2D eigenvalue weighted by Gasteiger charge is -2.28. The quantitative estimate of drug-likeness (QED) is 0.881. The first kappa shape index (κ1) is 14.5. The maximum absolute atomic E-state index is 13.2. The summed E-state index contributed by atoms with van der Waals surface area (Å²) in [5.74, 6) is -0.0480. The molecule has 1 aromatic rings. The summed E-state index contributed by atoms with van der Waals surface area (Å²) in [6.45, 7) is 2.04. The molecular weight excluding hydrogens is 309 g/mol. The molecule has 1 aromatic carbocycles. The molecule has 1 saturated carbocycles. The molecule has 1 atom stereocenters. The van der Waals surface area contributed by atoms with Crippen molar-refractivity contribution in [2.75, 3.05) is 0 Å². The van der Waals surface area contributed by atoms with Gasteiger partial charge in [-0.15, -0.1) is 0 Å². The van der Waals surface area contributed by atoms with Crippen LogP contribution >= 0.6 is 15.9 Å². The summed E-state index contributed by atoms with van der Waals surface area (Å²) in [5, 5.41) is 3.00. The fourth-order valence-corrected chi connectivity index (χ4v) is 3.13. The van der Waals surface area contributed by atoms with Crippen LogP contribution in [-0.4, -0.2) is 11.9 Å². The average Bonchev–Trinajstić information content (AvgIpc) is 2.42. The number of rotatable bonds is 3. The largest absolute Gasteiger partial charge is 0.349 e. The number of nitrogens with one attached hydrogen (secondary N) is 1. The molecule has 0 saturated heterocycles. The second-order valence-corrected chi connectivity index (χ2v) is 6.14. The van der Waals surface area contributed by atoms with E-state index in [2.05, 4.69) is 21.2 Å². The molecule has 1 amide bonds. The molecule has 1 N–H and O–H groups in total. The van der Waals surface area contributed by atoms with Crippen molar-refractivity contribution in [2.45, 2.75) is 45.1 Å². The van der Waals surface area contributed by atoms with E-state index in [1.807, 2.05) is 6.92 Å². The van der Waals surface area contributed by atoms with Crippen LogP contribution in [0.2, 0.25) is 0 Å². The number of carbonyl (C=O) groups excluding carboxylic acids is 1. The number of hydrogen-bond acceptors (Lipinski definition) is 1. The zero-order valence-electron chi connectivity index (χ0n) is 11.1. The van der Waals surface area contributed by atoms with Crippen LogP contribution in [0.1, 0.15) is 49.4 Å². The predicted octanol–water partition coefficient (Wildman–Crippen LogP) is 4.29. The number of carbonyl (C=O) groups is 1. The third-order valence-electron chi connectivity index (χ3n) is 3.89. The van der Waals surface area contributed by atoms with Crippen molar-refractivity contribution in [3.8, 4) is 0 Å². The molecule has 0 aromatic heterocycles.